The third-order valence-corrected chi connectivity index (χ3v) is 6.76. The van der Waals surface area contributed by atoms with Gasteiger partial charge in [0, 0.05) is 29.0 Å². The van der Waals surface area contributed by atoms with Crippen LogP contribution in [0.3, 0.4) is 0 Å². The number of hydrogen-bond acceptors (Lipinski definition) is 4. The number of benzene rings is 2. The van der Waals surface area contributed by atoms with Gasteiger partial charge < -0.3 is 14.2 Å². The van der Waals surface area contributed by atoms with Gasteiger partial charge in [0.2, 0.25) is 0 Å². The maximum absolute atomic E-state index is 6.46. The molecule has 0 bridgehead atoms. The van der Waals surface area contributed by atoms with Crippen molar-refractivity contribution in [2.24, 2.45) is 0 Å². The van der Waals surface area contributed by atoms with Crippen LogP contribution < -0.4 is 4.74 Å². The minimum atomic E-state index is -0.561. The van der Waals surface area contributed by atoms with Gasteiger partial charge in [-0.25, -0.2) is 4.68 Å². The minimum Gasteiger partial charge on any atom is -0.494 e. The number of ether oxygens (including phenoxy) is 3. The first-order valence-corrected chi connectivity index (χ1v) is 10.9. The van der Waals surface area contributed by atoms with Crippen LogP contribution in [0, 0.1) is 0 Å². The van der Waals surface area contributed by atoms with E-state index in [1.165, 1.54) is 12.0 Å². The Morgan fingerprint density at radius 3 is 2.50 bits per heavy atom. The van der Waals surface area contributed by atoms with Crippen LogP contribution in [0.15, 0.2) is 48.5 Å². The molecule has 2 aromatic carbocycles. The molecule has 2 aliphatic carbocycles. The summed E-state index contributed by atoms with van der Waals surface area (Å²) in [5.74, 6) is 0.223. The van der Waals surface area contributed by atoms with E-state index in [9.17, 15) is 0 Å². The van der Waals surface area contributed by atoms with Crippen LogP contribution in [0.2, 0.25) is 5.02 Å². The van der Waals surface area contributed by atoms with Gasteiger partial charge in [0.05, 0.1) is 30.7 Å². The molecule has 0 amide bonds. The Morgan fingerprint density at radius 1 is 1.03 bits per heavy atom. The van der Waals surface area contributed by atoms with Gasteiger partial charge in [0.15, 0.2) is 5.79 Å². The molecule has 0 radical (unpaired) electrons. The lowest BCUT2D eigenvalue weighted by Gasteiger charge is -2.24. The number of hydrogen-bond donors (Lipinski definition) is 0. The molecule has 6 heteroatoms. The van der Waals surface area contributed by atoms with Crippen molar-refractivity contribution in [2.75, 3.05) is 7.11 Å². The topological polar surface area (TPSA) is 45.5 Å². The second-order valence-electron chi connectivity index (χ2n) is 8.37. The Morgan fingerprint density at radius 2 is 1.77 bits per heavy atom. The molecule has 1 saturated heterocycles. The van der Waals surface area contributed by atoms with Crippen LogP contribution in [0.25, 0.3) is 16.9 Å². The summed E-state index contributed by atoms with van der Waals surface area (Å²) in [6.45, 7) is 0. The largest absolute Gasteiger partial charge is 0.494 e. The summed E-state index contributed by atoms with van der Waals surface area (Å²) in [5, 5.41) is 5.74. The fourth-order valence-electron chi connectivity index (χ4n) is 5.20. The molecule has 6 rings (SSSR count). The maximum Gasteiger partial charge on any atom is 0.178 e. The van der Waals surface area contributed by atoms with E-state index in [0.29, 0.717) is 17.9 Å². The van der Waals surface area contributed by atoms with Gasteiger partial charge in [-0.3, -0.25) is 0 Å². The van der Waals surface area contributed by atoms with E-state index in [-0.39, 0.29) is 12.2 Å². The van der Waals surface area contributed by atoms with E-state index in [0.717, 1.165) is 41.2 Å². The Hall–Kier alpha value is -2.34. The van der Waals surface area contributed by atoms with Crippen LogP contribution in [0.1, 0.15) is 30.5 Å². The zero-order chi connectivity index (χ0) is 20.3. The summed E-state index contributed by atoms with van der Waals surface area (Å²) in [6.07, 6.45) is 5.22. The molecular formula is C24H23ClN2O3. The highest BCUT2D eigenvalue weighted by atomic mass is 35.5. The average molecular weight is 423 g/mol. The van der Waals surface area contributed by atoms with Crippen LogP contribution in [0.4, 0.5) is 0 Å². The van der Waals surface area contributed by atoms with Crippen molar-refractivity contribution in [2.45, 2.75) is 50.1 Å². The second kappa shape index (κ2) is 6.84. The molecule has 1 aliphatic heterocycles. The third kappa shape index (κ3) is 2.80. The summed E-state index contributed by atoms with van der Waals surface area (Å²) in [7, 11) is 1.69. The van der Waals surface area contributed by atoms with Crippen molar-refractivity contribution < 1.29 is 14.2 Å². The predicted octanol–water partition coefficient (Wildman–Crippen LogP) is 4.96. The van der Waals surface area contributed by atoms with E-state index in [2.05, 4.69) is 0 Å². The molecule has 3 aliphatic rings. The van der Waals surface area contributed by atoms with E-state index < -0.39 is 5.79 Å². The van der Waals surface area contributed by atoms with Crippen LogP contribution in [-0.2, 0) is 22.3 Å². The van der Waals surface area contributed by atoms with Crippen LogP contribution in [-0.4, -0.2) is 34.9 Å². The zero-order valence-corrected chi connectivity index (χ0v) is 17.6. The minimum absolute atomic E-state index is 0.231. The third-order valence-electron chi connectivity index (χ3n) is 6.50. The average Bonchev–Trinajstić information content (AvgIpc) is 3.48. The van der Waals surface area contributed by atoms with Crippen molar-refractivity contribution in [3.05, 3.63) is 64.8 Å². The van der Waals surface area contributed by atoms with Gasteiger partial charge in [0.25, 0.3) is 0 Å². The SMILES string of the molecule is COc1ccccc1-n1nc2c(c1-c1ccc(Cl)cc1)CC1(C2)O[C@H]2CCC[C@@H]2O1. The Kier molecular flexibility index (Phi) is 4.20. The van der Waals surface area contributed by atoms with E-state index in [1.54, 1.807) is 7.11 Å². The van der Waals surface area contributed by atoms with Crippen molar-refractivity contribution in [1.82, 2.24) is 9.78 Å². The molecule has 0 unspecified atom stereocenters. The second-order valence-corrected chi connectivity index (χ2v) is 8.81. The first-order chi connectivity index (χ1) is 14.7. The maximum atomic E-state index is 6.46. The molecule has 2 fully saturated rings. The Bertz CT molecular complexity index is 1100. The molecule has 1 spiro atoms. The van der Waals surface area contributed by atoms with E-state index in [1.807, 2.05) is 53.2 Å². The molecule has 0 N–H and O–H groups in total. The summed E-state index contributed by atoms with van der Waals surface area (Å²) in [5.41, 5.74) is 5.24. The molecule has 5 nitrogen and oxygen atoms in total. The highest BCUT2D eigenvalue weighted by Crippen LogP contribution is 2.48. The smallest absolute Gasteiger partial charge is 0.178 e. The molecule has 2 atom stereocenters. The van der Waals surface area contributed by atoms with Gasteiger partial charge in [0.1, 0.15) is 11.4 Å². The molecular weight excluding hydrogens is 400 g/mol. The normalized spacial score (nSPS) is 23.7. The monoisotopic (exact) mass is 422 g/mol. The summed E-state index contributed by atoms with van der Waals surface area (Å²) in [4.78, 5) is 0. The fraction of sp³-hybridized carbons (Fsp3) is 0.375. The molecule has 154 valence electrons. The van der Waals surface area contributed by atoms with Crippen molar-refractivity contribution >= 4 is 11.6 Å². The summed E-state index contributed by atoms with van der Waals surface area (Å²) < 4.78 is 20.5. The standard InChI is InChI=1S/C24H23ClN2O3/c1-28-20-6-3-2-5-19(20)27-23(15-9-11-16(25)12-10-15)17-13-24(14-18(17)26-27)29-21-7-4-8-22(21)30-24/h2-3,5-6,9-12,21-22H,4,7-8,13-14H2,1H3/t21-,22-/m0/s1. The Balaban J connectivity index is 1.47. The predicted molar refractivity (Wildman–Crippen MR) is 114 cm³/mol. The number of rotatable bonds is 3. The Labute approximate surface area is 180 Å². The van der Waals surface area contributed by atoms with Gasteiger partial charge in [-0.05, 0) is 43.5 Å². The van der Waals surface area contributed by atoms with E-state index >= 15 is 0 Å². The molecule has 2 heterocycles. The number of aromatic nitrogens is 2. The highest BCUT2D eigenvalue weighted by molar-refractivity contribution is 6.30. The number of methoxy groups -OCH3 is 1. The van der Waals surface area contributed by atoms with Crippen LogP contribution >= 0.6 is 11.6 Å². The van der Waals surface area contributed by atoms with Crippen molar-refractivity contribution in [3.63, 3.8) is 0 Å². The lowest BCUT2D eigenvalue weighted by atomic mass is 10.0. The number of nitrogens with zero attached hydrogens (tertiary/aromatic N) is 2. The summed E-state index contributed by atoms with van der Waals surface area (Å²) >= 11 is 6.17. The lowest BCUT2D eigenvalue weighted by Crippen LogP contribution is -2.33. The van der Waals surface area contributed by atoms with Crippen molar-refractivity contribution in [3.8, 4) is 22.7 Å². The van der Waals surface area contributed by atoms with Gasteiger partial charge >= 0.3 is 0 Å². The highest BCUT2D eigenvalue weighted by Gasteiger charge is 2.54. The van der Waals surface area contributed by atoms with Gasteiger partial charge in [-0.15, -0.1) is 0 Å². The molecule has 30 heavy (non-hydrogen) atoms. The quantitative estimate of drug-likeness (QED) is 0.598. The number of para-hydroxylation sites is 2. The number of fused-ring (bicyclic) bond motifs is 2. The summed E-state index contributed by atoms with van der Waals surface area (Å²) in [6, 6.07) is 15.9. The fourth-order valence-corrected chi connectivity index (χ4v) is 5.33. The molecule has 3 aromatic rings. The number of halogens is 1. The van der Waals surface area contributed by atoms with Crippen LogP contribution in [0.5, 0.6) is 5.75 Å². The molecule has 1 saturated carbocycles. The van der Waals surface area contributed by atoms with E-state index in [4.69, 9.17) is 30.9 Å². The first kappa shape index (κ1) is 18.4. The zero-order valence-electron chi connectivity index (χ0n) is 16.8. The lowest BCUT2D eigenvalue weighted by molar-refractivity contribution is -0.171. The first-order valence-electron chi connectivity index (χ1n) is 10.5. The van der Waals surface area contributed by atoms with Gasteiger partial charge in [-0.1, -0.05) is 35.9 Å². The molecule has 1 aromatic heterocycles. The van der Waals surface area contributed by atoms with Gasteiger partial charge in [-0.2, -0.15) is 5.10 Å². The van der Waals surface area contributed by atoms with Crippen molar-refractivity contribution in [1.29, 1.82) is 0 Å².